The average molecular weight is 687 g/mol. The van der Waals surface area contributed by atoms with Crippen molar-refractivity contribution in [3.63, 3.8) is 0 Å². The zero-order chi connectivity index (χ0) is 35.1. The molecule has 0 aliphatic heterocycles. The number of amides is 1. The number of carbonyl (C=O) groups excluding carboxylic acids is 1. The molecule has 258 valence electrons. The van der Waals surface area contributed by atoms with Crippen LogP contribution in [0.15, 0.2) is 60.7 Å². The number of halogens is 1. The monoisotopic (exact) mass is 686 g/mol. The van der Waals surface area contributed by atoms with Gasteiger partial charge in [-0.05, 0) is 79.4 Å². The molecule has 12 nitrogen and oxygen atoms in total. The standard InChI is InChI=1S/C36H43ClN8O4/c1-6-10-16-30-39-34(37)32(33(47)31-29(46)20-19-28(38-31)36(48)43(7-2)8-3)44(30)22-24-17-18-26(25-14-12-11-13-15-25)27(21-24)35-40-41-42-45(35)23(5)49-9-4/h11-15,17-21,23,33,46-47H,6-10,16,22H2,1-5H3. The van der Waals surface area contributed by atoms with Crippen molar-refractivity contribution in [2.45, 2.75) is 72.8 Å². The fourth-order valence-corrected chi connectivity index (χ4v) is 6.19. The third kappa shape index (κ3) is 7.66. The lowest BCUT2D eigenvalue weighted by Gasteiger charge is -2.21. The summed E-state index contributed by atoms with van der Waals surface area (Å²) in [5, 5.41) is 35.4. The van der Waals surface area contributed by atoms with Crippen molar-refractivity contribution in [1.29, 1.82) is 0 Å². The van der Waals surface area contributed by atoms with E-state index >= 15 is 0 Å². The maximum absolute atomic E-state index is 13.1. The van der Waals surface area contributed by atoms with Gasteiger partial charge in [-0.15, -0.1) is 5.10 Å². The van der Waals surface area contributed by atoms with Crippen molar-refractivity contribution in [2.24, 2.45) is 0 Å². The summed E-state index contributed by atoms with van der Waals surface area (Å²) < 4.78 is 9.36. The van der Waals surface area contributed by atoms with E-state index in [1.54, 1.807) is 9.58 Å². The Kier molecular flexibility index (Phi) is 11.8. The molecule has 0 saturated carbocycles. The van der Waals surface area contributed by atoms with Crippen LogP contribution in [0.2, 0.25) is 5.15 Å². The third-order valence-electron chi connectivity index (χ3n) is 8.48. The summed E-state index contributed by atoms with van der Waals surface area (Å²) in [6.45, 7) is 11.4. The first kappa shape index (κ1) is 35.7. The minimum atomic E-state index is -1.47. The van der Waals surface area contributed by atoms with Crippen LogP contribution in [-0.4, -0.2) is 75.5 Å². The smallest absolute Gasteiger partial charge is 0.272 e. The normalized spacial score (nSPS) is 12.6. The fourth-order valence-electron chi connectivity index (χ4n) is 5.89. The van der Waals surface area contributed by atoms with Gasteiger partial charge in [0.05, 0.1) is 5.69 Å². The molecule has 0 radical (unpaired) electrons. The van der Waals surface area contributed by atoms with Crippen LogP contribution in [-0.2, 0) is 17.7 Å². The number of carbonyl (C=O) groups is 1. The Hall–Kier alpha value is -4.65. The lowest BCUT2D eigenvalue weighted by atomic mass is 9.96. The third-order valence-corrected chi connectivity index (χ3v) is 8.76. The number of hydrogen-bond donors (Lipinski definition) is 2. The van der Waals surface area contributed by atoms with E-state index in [0.29, 0.717) is 37.8 Å². The number of tetrazole rings is 1. The number of unbranched alkanes of at least 4 members (excludes halogenated alkanes) is 1. The number of benzene rings is 2. The Bertz CT molecular complexity index is 1870. The molecule has 1 amide bonds. The van der Waals surface area contributed by atoms with Crippen LogP contribution in [0, 0.1) is 0 Å². The summed E-state index contributed by atoms with van der Waals surface area (Å²) in [7, 11) is 0. The second-order valence-corrected chi connectivity index (χ2v) is 12.0. The minimum absolute atomic E-state index is 0.0766. The van der Waals surface area contributed by atoms with E-state index in [1.165, 1.54) is 12.1 Å². The molecule has 49 heavy (non-hydrogen) atoms. The lowest BCUT2D eigenvalue weighted by molar-refractivity contribution is 0.0159. The molecule has 5 rings (SSSR count). The maximum Gasteiger partial charge on any atom is 0.272 e. The number of aliphatic hydroxyl groups excluding tert-OH is 1. The highest BCUT2D eigenvalue weighted by Crippen LogP contribution is 2.36. The highest BCUT2D eigenvalue weighted by Gasteiger charge is 2.29. The number of pyridine rings is 1. The Morgan fingerprint density at radius 2 is 1.76 bits per heavy atom. The van der Waals surface area contributed by atoms with Gasteiger partial charge in [-0.2, -0.15) is 4.68 Å². The molecule has 0 bridgehead atoms. The van der Waals surface area contributed by atoms with Gasteiger partial charge in [-0.25, -0.2) is 9.97 Å². The van der Waals surface area contributed by atoms with Crippen LogP contribution >= 0.6 is 11.6 Å². The molecule has 0 spiro atoms. The van der Waals surface area contributed by atoms with Crippen molar-refractivity contribution in [3.05, 3.63) is 94.3 Å². The van der Waals surface area contributed by atoms with E-state index < -0.39 is 12.3 Å². The molecule has 3 heterocycles. The number of rotatable bonds is 15. The summed E-state index contributed by atoms with van der Waals surface area (Å²) in [4.78, 5) is 23.8. The molecule has 0 aliphatic rings. The molecule has 2 unspecified atom stereocenters. The summed E-state index contributed by atoms with van der Waals surface area (Å²) >= 11 is 6.77. The van der Waals surface area contributed by atoms with E-state index in [0.717, 1.165) is 35.1 Å². The number of aryl methyl sites for hydroxylation is 1. The van der Waals surface area contributed by atoms with Crippen molar-refractivity contribution in [1.82, 2.24) is 39.6 Å². The zero-order valence-electron chi connectivity index (χ0n) is 28.5. The molecule has 13 heteroatoms. The summed E-state index contributed by atoms with van der Waals surface area (Å²) in [5.41, 5.74) is 3.90. The van der Waals surface area contributed by atoms with E-state index in [9.17, 15) is 15.0 Å². The van der Waals surface area contributed by atoms with Crippen LogP contribution in [0.1, 0.15) is 93.1 Å². The molecule has 0 fully saturated rings. The molecule has 2 aromatic carbocycles. The molecule has 0 saturated heterocycles. The number of nitrogens with zero attached hydrogens (tertiary/aromatic N) is 8. The van der Waals surface area contributed by atoms with Crippen molar-refractivity contribution in [3.8, 4) is 28.3 Å². The quantitative estimate of drug-likeness (QED) is 0.127. The number of imidazole rings is 1. The molecule has 0 aliphatic carbocycles. The Labute approximate surface area is 291 Å². The highest BCUT2D eigenvalue weighted by atomic mass is 35.5. The van der Waals surface area contributed by atoms with E-state index in [4.69, 9.17) is 16.3 Å². The lowest BCUT2D eigenvalue weighted by Crippen LogP contribution is -2.31. The van der Waals surface area contributed by atoms with Gasteiger partial charge in [-0.1, -0.05) is 67.4 Å². The molecular formula is C36H43ClN8O4. The molecule has 5 aromatic rings. The summed E-state index contributed by atoms with van der Waals surface area (Å²) in [6.07, 6.45) is 0.519. The second kappa shape index (κ2) is 16.2. The maximum atomic E-state index is 13.1. The average Bonchev–Trinajstić information content (AvgIpc) is 3.72. The largest absolute Gasteiger partial charge is 0.506 e. The van der Waals surface area contributed by atoms with Gasteiger partial charge in [0.15, 0.2) is 17.2 Å². The van der Waals surface area contributed by atoms with Gasteiger partial charge in [0.2, 0.25) is 0 Å². The van der Waals surface area contributed by atoms with Crippen LogP contribution in [0.4, 0.5) is 0 Å². The predicted octanol–water partition coefficient (Wildman–Crippen LogP) is 6.47. The number of aromatic hydroxyl groups is 1. The number of aromatic nitrogens is 7. The van der Waals surface area contributed by atoms with Crippen molar-refractivity contribution >= 4 is 17.5 Å². The molecular weight excluding hydrogens is 644 g/mol. The first-order valence-electron chi connectivity index (χ1n) is 16.7. The Morgan fingerprint density at radius 3 is 2.45 bits per heavy atom. The SMILES string of the molecule is CCCCc1nc(Cl)c(C(O)c2nc(C(=O)N(CC)CC)ccc2O)n1Cc1ccc(-c2ccccc2)c(-c2nnnn2C(C)OCC)c1. The van der Waals surface area contributed by atoms with Gasteiger partial charge < -0.3 is 24.4 Å². The predicted molar refractivity (Wildman–Crippen MR) is 187 cm³/mol. The van der Waals surface area contributed by atoms with Gasteiger partial charge >= 0.3 is 0 Å². The Morgan fingerprint density at radius 1 is 1.00 bits per heavy atom. The van der Waals surface area contributed by atoms with Crippen LogP contribution in [0.25, 0.3) is 22.5 Å². The topological polar surface area (TPSA) is 144 Å². The van der Waals surface area contributed by atoms with Crippen LogP contribution < -0.4 is 0 Å². The van der Waals surface area contributed by atoms with Crippen molar-refractivity contribution < 1.29 is 19.7 Å². The number of hydrogen-bond acceptors (Lipinski definition) is 9. The first-order valence-corrected chi connectivity index (χ1v) is 17.1. The number of ether oxygens (including phenoxy) is 1. The fraction of sp³-hybridized carbons (Fsp3) is 0.389. The summed E-state index contributed by atoms with van der Waals surface area (Å²) in [5.74, 6) is 0.667. The van der Waals surface area contributed by atoms with Gasteiger partial charge in [-0.3, -0.25) is 4.79 Å². The van der Waals surface area contributed by atoms with Crippen LogP contribution in [0.3, 0.4) is 0 Å². The van der Waals surface area contributed by atoms with E-state index in [-0.39, 0.29) is 40.4 Å². The molecule has 3 aromatic heterocycles. The molecule has 2 N–H and O–H groups in total. The van der Waals surface area contributed by atoms with Gasteiger partial charge in [0, 0.05) is 38.2 Å². The molecule has 2 atom stereocenters. The van der Waals surface area contributed by atoms with Crippen molar-refractivity contribution in [2.75, 3.05) is 19.7 Å². The number of aliphatic hydroxyl groups is 1. The first-order chi connectivity index (χ1) is 23.7. The highest BCUT2D eigenvalue weighted by molar-refractivity contribution is 6.30. The van der Waals surface area contributed by atoms with Gasteiger partial charge in [0.25, 0.3) is 5.91 Å². The summed E-state index contributed by atoms with van der Waals surface area (Å²) in [6, 6.07) is 18.9. The van der Waals surface area contributed by atoms with Gasteiger partial charge in [0.1, 0.15) is 29.1 Å². The second-order valence-electron chi connectivity index (χ2n) is 11.6. The van der Waals surface area contributed by atoms with E-state index in [1.807, 2.05) is 80.8 Å². The zero-order valence-corrected chi connectivity index (χ0v) is 29.3. The van der Waals surface area contributed by atoms with E-state index in [2.05, 4.69) is 32.4 Å². The minimum Gasteiger partial charge on any atom is -0.506 e. The van der Waals surface area contributed by atoms with Crippen LogP contribution in [0.5, 0.6) is 5.75 Å². The Balaban J connectivity index is 1.62.